The van der Waals surface area contributed by atoms with Crippen molar-refractivity contribution in [3.05, 3.63) is 33.9 Å². The second-order valence-electron chi connectivity index (χ2n) is 7.48. The molecule has 1 nitrogen and oxygen atoms in total. The van der Waals surface area contributed by atoms with E-state index in [2.05, 4.69) is 54.5 Å². The SMILES string of the molecule is Cc1cc2c(c(C)c1C=O)C(C)(C)CC(C)C2(C)C. The quantitative estimate of drug-likeness (QED) is 0.667. The predicted octanol–water partition coefficient (Wildman–Crippen LogP) is 4.71. The highest BCUT2D eigenvalue weighted by Gasteiger charge is 2.43. The van der Waals surface area contributed by atoms with Crippen molar-refractivity contribution in [1.82, 2.24) is 0 Å². The summed E-state index contributed by atoms with van der Waals surface area (Å²) in [6, 6.07) is 2.25. The number of aldehydes is 1. The van der Waals surface area contributed by atoms with Gasteiger partial charge in [0.15, 0.2) is 6.29 Å². The van der Waals surface area contributed by atoms with Gasteiger partial charge in [-0.05, 0) is 59.3 Å². The third-order valence-electron chi connectivity index (χ3n) is 5.37. The van der Waals surface area contributed by atoms with E-state index in [-0.39, 0.29) is 10.8 Å². The molecule has 0 spiro atoms. The highest BCUT2D eigenvalue weighted by Crippen LogP contribution is 2.50. The molecule has 2 rings (SSSR count). The fourth-order valence-corrected chi connectivity index (χ4v) is 3.95. The largest absolute Gasteiger partial charge is 0.298 e. The zero-order chi connectivity index (χ0) is 14.6. The van der Waals surface area contributed by atoms with Crippen molar-refractivity contribution in [1.29, 1.82) is 0 Å². The average molecular weight is 258 g/mol. The van der Waals surface area contributed by atoms with Crippen LogP contribution in [0, 0.1) is 19.8 Å². The first kappa shape index (κ1) is 14.3. The Morgan fingerprint density at radius 2 is 1.79 bits per heavy atom. The van der Waals surface area contributed by atoms with E-state index < -0.39 is 0 Å². The lowest BCUT2D eigenvalue weighted by atomic mass is 9.57. The van der Waals surface area contributed by atoms with Gasteiger partial charge in [0.2, 0.25) is 0 Å². The minimum Gasteiger partial charge on any atom is -0.298 e. The molecule has 0 radical (unpaired) electrons. The normalized spacial score (nSPS) is 23.8. The minimum absolute atomic E-state index is 0.153. The van der Waals surface area contributed by atoms with Crippen LogP contribution in [0.5, 0.6) is 0 Å². The van der Waals surface area contributed by atoms with Crippen LogP contribution in [0.3, 0.4) is 0 Å². The number of hydrogen-bond donors (Lipinski definition) is 0. The van der Waals surface area contributed by atoms with Crippen molar-refractivity contribution in [2.24, 2.45) is 5.92 Å². The Morgan fingerprint density at radius 1 is 1.21 bits per heavy atom. The van der Waals surface area contributed by atoms with Gasteiger partial charge in [0.05, 0.1) is 0 Å². The molecule has 19 heavy (non-hydrogen) atoms. The number of carbonyl (C=O) groups is 1. The van der Waals surface area contributed by atoms with Crippen LogP contribution >= 0.6 is 0 Å². The van der Waals surface area contributed by atoms with Crippen LogP contribution in [0.2, 0.25) is 0 Å². The molecule has 0 aliphatic heterocycles. The molecule has 104 valence electrons. The van der Waals surface area contributed by atoms with Crippen molar-refractivity contribution in [3.63, 3.8) is 0 Å². The van der Waals surface area contributed by atoms with Gasteiger partial charge >= 0.3 is 0 Å². The lowest BCUT2D eigenvalue weighted by molar-refractivity contribution is 0.112. The summed E-state index contributed by atoms with van der Waals surface area (Å²) in [7, 11) is 0. The molecular weight excluding hydrogens is 232 g/mol. The van der Waals surface area contributed by atoms with E-state index in [9.17, 15) is 4.79 Å². The van der Waals surface area contributed by atoms with Crippen LogP contribution in [-0.4, -0.2) is 6.29 Å². The number of rotatable bonds is 1. The Balaban J connectivity index is 2.86. The van der Waals surface area contributed by atoms with Gasteiger partial charge in [-0.1, -0.05) is 40.7 Å². The Labute approximate surface area is 117 Å². The fourth-order valence-electron chi connectivity index (χ4n) is 3.95. The van der Waals surface area contributed by atoms with Crippen molar-refractivity contribution >= 4 is 6.29 Å². The minimum atomic E-state index is 0.153. The Hall–Kier alpha value is -1.11. The summed E-state index contributed by atoms with van der Waals surface area (Å²) in [5.74, 6) is 0.649. The molecule has 0 heterocycles. The number of carbonyl (C=O) groups excluding carboxylic acids is 1. The maximum atomic E-state index is 11.4. The molecule has 1 aliphatic rings. The predicted molar refractivity (Wildman–Crippen MR) is 81.1 cm³/mol. The second kappa shape index (κ2) is 4.19. The average Bonchev–Trinajstić information content (AvgIpc) is 2.25. The first-order chi connectivity index (χ1) is 8.63. The molecular formula is C18H26O. The standard InChI is InChI=1S/C18H26O/c1-11-8-15-16(13(3)14(11)10-19)17(4,5)9-12(2)18(15,6)7/h8,10,12H,9H2,1-7H3. The maximum absolute atomic E-state index is 11.4. The molecule has 0 bridgehead atoms. The molecule has 1 aliphatic carbocycles. The molecule has 1 atom stereocenters. The Kier molecular flexibility index (Phi) is 3.16. The summed E-state index contributed by atoms with van der Waals surface area (Å²) in [5, 5.41) is 0. The first-order valence-electron chi connectivity index (χ1n) is 7.23. The van der Waals surface area contributed by atoms with Crippen LogP contribution in [0.1, 0.15) is 73.7 Å². The molecule has 0 amide bonds. The summed E-state index contributed by atoms with van der Waals surface area (Å²) in [6.07, 6.45) is 2.20. The molecule has 1 unspecified atom stereocenters. The molecule has 1 aromatic rings. The van der Waals surface area contributed by atoms with Crippen LogP contribution in [0.25, 0.3) is 0 Å². The van der Waals surface area contributed by atoms with Crippen LogP contribution in [0.15, 0.2) is 6.07 Å². The molecule has 1 aromatic carbocycles. The van der Waals surface area contributed by atoms with Crippen molar-refractivity contribution in [2.45, 2.75) is 65.7 Å². The lowest BCUT2D eigenvalue weighted by Crippen LogP contribution is -2.41. The van der Waals surface area contributed by atoms with Crippen LogP contribution < -0.4 is 0 Å². The first-order valence-corrected chi connectivity index (χ1v) is 7.23. The zero-order valence-electron chi connectivity index (χ0n) is 13.3. The third-order valence-corrected chi connectivity index (χ3v) is 5.37. The zero-order valence-corrected chi connectivity index (χ0v) is 13.3. The van der Waals surface area contributed by atoms with Gasteiger partial charge in [-0.25, -0.2) is 0 Å². The van der Waals surface area contributed by atoms with Gasteiger partial charge in [-0.2, -0.15) is 0 Å². The lowest BCUT2D eigenvalue weighted by Gasteiger charge is -2.47. The number of benzene rings is 1. The summed E-state index contributed by atoms with van der Waals surface area (Å²) >= 11 is 0. The van der Waals surface area contributed by atoms with Gasteiger partial charge in [0, 0.05) is 5.56 Å². The Bertz CT molecular complexity index is 535. The van der Waals surface area contributed by atoms with E-state index in [4.69, 9.17) is 0 Å². The van der Waals surface area contributed by atoms with Gasteiger partial charge in [-0.15, -0.1) is 0 Å². The van der Waals surface area contributed by atoms with E-state index in [0.29, 0.717) is 5.92 Å². The third kappa shape index (κ3) is 1.94. The molecule has 0 aromatic heterocycles. The Morgan fingerprint density at radius 3 is 2.32 bits per heavy atom. The maximum Gasteiger partial charge on any atom is 0.150 e. The summed E-state index contributed by atoms with van der Waals surface area (Å²) in [4.78, 5) is 11.4. The van der Waals surface area contributed by atoms with Crippen molar-refractivity contribution < 1.29 is 4.79 Å². The summed E-state index contributed by atoms with van der Waals surface area (Å²) in [5.41, 5.74) is 6.37. The highest BCUT2D eigenvalue weighted by atomic mass is 16.1. The smallest absolute Gasteiger partial charge is 0.150 e. The van der Waals surface area contributed by atoms with Gasteiger partial charge in [0.1, 0.15) is 0 Å². The van der Waals surface area contributed by atoms with Gasteiger partial charge in [0.25, 0.3) is 0 Å². The van der Waals surface area contributed by atoms with Crippen LogP contribution in [-0.2, 0) is 10.8 Å². The van der Waals surface area contributed by atoms with Gasteiger partial charge < -0.3 is 0 Å². The summed E-state index contributed by atoms with van der Waals surface area (Å²) in [6.45, 7) is 15.8. The van der Waals surface area contributed by atoms with E-state index in [1.807, 2.05) is 0 Å². The van der Waals surface area contributed by atoms with Crippen LogP contribution in [0.4, 0.5) is 0 Å². The summed E-state index contributed by atoms with van der Waals surface area (Å²) < 4.78 is 0. The second-order valence-corrected chi connectivity index (χ2v) is 7.48. The molecule has 0 N–H and O–H groups in total. The molecule has 0 saturated carbocycles. The fraction of sp³-hybridized carbons (Fsp3) is 0.611. The topological polar surface area (TPSA) is 17.1 Å². The monoisotopic (exact) mass is 258 g/mol. The van der Waals surface area contributed by atoms with E-state index in [0.717, 1.165) is 17.4 Å². The molecule has 0 saturated heterocycles. The van der Waals surface area contributed by atoms with E-state index >= 15 is 0 Å². The number of fused-ring (bicyclic) bond motifs is 1. The highest BCUT2D eigenvalue weighted by molar-refractivity contribution is 5.81. The van der Waals surface area contributed by atoms with E-state index in [1.165, 1.54) is 23.1 Å². The van der Waals surface area contributed by atoms with Crippen molar-refractivity contribution in [3.8, 4) is 0 Å². The van der Waals surface area contributed by atoms with Gasteiger partial charge in [-0.3, -0.25) is 4.79 Å². The van der Waals surface area contributed by atoms with Crippen molar-refractivity contribution in [2.75, 3.05) is 0 Å². The molecule has 1 heteroatoms. The molecule has 0 fully saturated rings. The number of aryl methyl sites for hydroxylation is 1. The number of hydrogen-bond acceptors (Lipinski definition) is 1. The van der Waals surface area contributed by atoms with E-state index in [1.54, 1.807) is 0 Å².